The highest BCUT2D eigenvalue weighted by Gasteiger charge is 2.32. The fourth-order valence-electron chi connectivity index (χ4n) is 5.40. The number of ether oxygens (including phenoxy) is 2. The molecule has 10 nitrogen and oxygen atoms in total. The minimum Gasteiger partial charge on any atom is -0.497 e. The normalized spacial score (nSPS) is 13.8. The molecule has 2 amide bonds. The van der Waals surface area contributed by atoms with Crippen molar-refractivity contribution in [3.05, 3.63) is 114 Å². The SMILES string of the molecule is COc1ccc(CN(C(=O)Cn2nnc3ccccc32)[C@@H](C(=O)Nc2ccc(N3CCOCC3)cc2)c2ccccc2)cc1. The minimum absolute atomic E-state index is 0.0818. The maximum Gasteiger partial charge on any atom is 0.251 e. The van der Waals surface area contributed by atoms with Gasteiger partial charge in [0.2, 0.25) is 5.91 Å². The van der Waals surface area contributed by atoms with E-state index in [1.54, 1.807) is 16.7 Å². The number of fused-ring (bicyclic) bond motifs is 1. The van der Waals surface area contributed by atoms with Gasteiger partial charge in [-0.25, -0.2) is 4.68 Å². The molecule has 0 unspecified atom stereocenters. The molecule has 1 fully saturated rings. The van der Waals surface area contributed by atoms with Crippen molar-refractivity contribution in [3.8, 4) is 5.75 Å². The molecule has 1 N–H and O–H groups in total. The summed E-state index contributed by atoms with van der Waals surface area (Å²) < 4.78 is 12.4. The first-order valence-electron chi connectivity index (χ1n) is 14.6. The van der Waals surface area contributed by atoms with Gasteiger partial charge in [-0.3, -0.25) is 9.59 Å². The number of methoxy groups -OCH3 is 1. The van der Waals surface area contributed by atoms with Crippen molar-refractivity contribution in [3.63, 3.8) is 0 Å². The van der Waals surface area contributed by atoms with E-state index in [-0.39, 0.29) is 24.9 Å². The smallest absolute Gasteiger partial charge is 0.251 e. The number of benzene rings is 4. The van der Waals surface area contributed by atoms with Gasteiger partial charge in [-0.05, 0) is 59.7 Å². The van der Waals surface area contributed by atoms with Crippen LogP contribution in [0.4, 0.5) is 11.4 Å². The zero-order valence-corrected chi connectivity index (χ0v) is 24.5. The van der Waals surface area contributed by atoms with Crippen LogP contribution >= 0.6 is 0 Å². The Labute approximate surface area is 255 Å². The van der Waals surface area contributed by atoms with Crippen molar-refractivity contribution in [2.75, 3.05) is 43.6 Å². The van der Waals surface area contributed by atoms with E-state index < -0.39 is 6.04 Å². The summed E-state index contributed by atoms with van der Waals surface area (Å²) in [5, 5.41) is 11.5. The molecule has 1 atom stereocenters. The van der Waals surface area contributed by atoms with Gasteiger partial charge in [0, 0.05) is 31.0 Å². The highest BCUT2D eigenvalue weighted by Crippen LogP contribution is 2.28. The topological polar surface area (TPSA) is 102 Å². The minimum atomic E-state index is -0.917. The first-order chi connectivity index (χ1) is 21.6. The fraction of sp³-hybridized carbons (Fsp3) is 0.235. The number of carbonyl (C=O) groups is 2. The third-order valence-electron chi connectivity index (χ3n) is 7.72. The Morgan fingerprint density at radius 3 is 2.34 bits per heavy atom. The molecule has 0 spiro atoms. The van der Waals surface area contributed by atoms with Crippen molar-refractivity contribution in [1.82, 2.24) is 19.9 Å². The van der Waals surface area contributed by atoms with Crippen molar-refractivity contribution < 1.29 is 19.1 Å². The van der Waals surface area contributed by atoms with E-state index in [4.69, 9.17) is 9.47 Å². The largest absolute Gasteiger partial charge is 0.497 e. The zero-order valence-electron chi connectivity index (χ0n) is 24.5. The maximum absolute atomic E-state index is 14.2. The first-order valence-corrected chi connectivity index (χ1v) is 14.6. The van der Waals surface area contributed by atoms with E-state index >= 15 is 0 Å². The molecule has 0 radical (unpaired) electrons. The highest BCUT2D eigenvalue weighted by molar-refractivity contribution is 5.98. The lowest BCUT2D eigenvalue weighted by Gasteiger charge is -2.32. The monoisotopic (exact) mass is 590 g/mol. The lowest BCUT2D eigenvalue weighted by molar-refractivity contribution is -0.140. The molecule has 1 aromatic heterocycles. The second kappa shape index (κ2) is 13.4. The number of anilines is 2. The van der Waals surface area contributed by atoms with Crippen LogP contribution < -0.4 is 15.0 Å². The second-order valence-corrected chi connectivity index (χ2v) is 10.6. The molecule has 2 heterocycles. The van der Waals surface area contributed by atoms with Crippen molar-refractivity contribution >= 4 is 34.2 Å². The Balaban J connectivity index is 1.32. The van der Waals surface area contributed by atoms with E-state index in [9.17, 15) is 9.59 Å². The van der Waals surface area contributed by atoms with Crippen molar-refractivity contribution in [2.45, 2.75) is 19.1 Å². The van der Waals surface area contributed by atoms with Crippen LogP contribution in [-0.4, -0.2) is 65.1 Å². The quantitative estimate of drug-likeness (QED) is 0.252. The van der Waals surface area contributed by atoms with E-state index in [2.05, 4.69) is 20.5 Å². The summed E-state index contributed by atoms with van der Waals surface area (Å²) in [6.45, 7) is 3.15. The van der Waals surface area contributed by atoms with Crippen LogP contribution in [0.5, 0.6) is 5.75 Å². The number of hydrogen-bond acceptors (Lipinski definition) is 7. The molecule has 224 valence electrons. The van der Waals surface area contributed by atoms with Crippen LogP contribution in [0, 0.1) is 0 Å². The number of morpholine rings is 1. The van der Waals surface area contributed by atoms with Crippen LogP contribution in [0.15, 0.2) is 103 Å². The predicted octanol–water partition coefficient (Wildman–Crippen LogP) is 4.69. The molecule has 0 saturated carbocycles. The third kappa shape index (κ3) is 6.55. The summed E-state index contributed by atoms with van der Waals surface area (Å²) in [6.07, 6.45) is 0. The lowest BCUT2D eigenvalue weighted by atomic mass is 10.0. The number of nitrogens with zero attached hydrogens (tertiary/aromatic N) is 5. The number of rotatable bonds is 10. The van der Waals surface area contributed by atoms with Gasteiger partial charge in [0.15, 0.2) is 0 Å². The fourth-order valence-corrected chi connectivity index (χ4v) is 5.40. The number of carbonyl (C=O) groups excluding carboxylic acids is 2. The predicted molar refractivity (Wildman–Crippen MR) is 168 cm³/mol. The molecule has 6 rings (SSSR count). The standard InChI is InChI=1S/C34H34N6O4/c1-43-29-17-11-25(12-18-29)23-39(32(41)24-40-31-10-6-5-9-30(31)36-37-40)33(26-7-3-2-4-8-26)34(42)35-27-13-15-28(16-14-27)38-19-21-44-22-20-38/h2-18,33H,19-24H2,1H3,(H,35,42)/t33-/m1/s1. The van der Waals surface area contributed by atoms with Crippen LogP contribution in [0.1, 0.15) is 17.2 Å². The average Bonchev–Trinajstić information content (AvgIpc) is 3.48. The molecule has 0 bridgehead atoms. The Morgan fingerprint density at radius 1 is 0.909 bits per heavy atom. The van der Waals surface area contributed by atoms with Crippen molar-refractivity contribution in [1.29, 1.82) is 0 Å². The molecular weight excluding hydrogens is 556 g/mol. The van der Waals surface area contributed by atoms with E-state index in [0.29, 0.717) is 35.7 Å². The summed E-state index contributed by atoms with van der Waals surface area (Å²) in [6, 6.07) is 31.2. The van der Waals surface area contributed by atoms with Gasteiger partial charge >= 0.3 is 0 Å². The molecule has 10 heteroatoms. The Morgan fingerprint density at radius 2 is 1.61 bits per heavy atom. The van der Waals surface area contributed by atoms with Gasteiger partial charge in [-0.2, -0.15) is 0 Å². The summed E-state index contributed by atoms with van der Waals surface area (Å²) in [5.74, 6) is 0.113. The van der Waals surface area contributed by atoms with Crippen LogP contribution in [-0.2, 0) is 27.4 Å². The van der Waals surface area contributed by atoms with Gasteiger partial charge in [0.1, 0.15) is 23.9 Å². The Bertz CT molecular complexity index is 1700. The molecule has 44 heavy (non-hydrogen) atoms. The van der Waals surface area contributed by atoms with Gasteiger partial charge in [-0.15, -0.1) is 5.10 Å². The maximum atomic E-state index is 14.2. The van der Waals surface area contributed by atoms with E-state index in [1.165, 1.54) is 0 Å². The molecule has 1 aliphatic rings. The number of amides is 2. The number of hydrogen-bond donors (Lipinski definition) is 1. The van der Waals surface area contributed by atoms with Crippen LogP contribution in [0.2, 0.25) is 0 Å². The van der Waals surface area contributed by atoms with Gasteiger partial charge in [-0.1, -0.05) is 59.8 Å². The van der Waals surface area contributed by atoms with Gasteiger partial charge in [0.25, 0.3) is 5.91 Å². The van der Waals surface area contributed by atoms with Gasteiger partial charge in [0.05, 0.1) is 25.8 Å². The number of para-hydroxylation sites is 1. The lowest BCUT2D eigenvalue weighted by Crippen LogP contribution is -2.42. The Hall–Kier alpha value is -5.22. The van der Waals surface area contributed by atoms with Gasteiger partial charge < -0.3 is 24.6 Å². The first kappa shape index (κ1) is 28.9. The molecule has 0 aliphatic carbocycles. The summed E-state index contributed by atoms with van der Waals surface area (Å²) in [4.78, 5) is 32.2. The summed E-state index contributed by atoms with van der Waals surface area (Å²) in [7, 11) is 1.61. The highest BCUT2D eigenvalue weighted by atomic mass is 16.5. The van der Waals surface area contributed by atoms with Crippen LogP contribution in [0.25, 0.3) is 11.0 Å². The van der Waals surface area contributed by atoms with Crippen LogP contribution in [0.3, 0.4) is 0 Å². The third-order valence-corrected chi connectivity index (χ3v) is 7.72. The molecule has 5 aromatic rings. The molecule has 1 saturated heterocycles. The average molecular weight is 591 g/mol. The zero-order chi connectivity index (χ0) is 30.3. The van der Waals surface area contributed by atoms with E-state index in [0.717, 1.165) is 29.9 Å². The van der Waals surface area contributed by atoms with Crippen molar-refractivity contribution in [2.24, 2.45) is 0 Å². The molecular formula is C34H34N6O4. The number of aromatic nitrogens is 3. The van der Waals surface area contributed by atoms with E-state index in [1.807, 2.05) is 103 Å². The second-order valence-electron chi connectivity index (χ2n) is 10.6. The summed E-state index contributed by atoms with van der Waals surface area (Å²) in [5.41, 5.74) is 4.70. The summed E-state index contributed by atoms with van der Waals surface area (Å²) >= 11 is 0. The molecule has 1 aliphatic heterocycles. The Kier molecular flexibility index (Phi) is 8.79. The number of nitrogens with one attached hydrogen (secondary N) is 1. The molecule has 4 aromatic carbocycles.